The molecule has 2 aromatic heterocycles. The van der Waals surface area contributed by atoms with Crippen molar-refractivity contribution in [1.82, 2.24) is 9.55 Å². The summed E-state index contributed by atoms with van der Waals surface area (Å²) in [5, 5.41) is 9.52. The second-order valence-corrected chi connectivity index (χ2v) is 6.83. The first kappa shape index (κ1) is 17.0. The van der Waals surface area contributed by atoms with Crippen LogP contribution in [0.4, 0.5) is 0 Å². The third-order valence-corrected chi connectivity index (χ3v) is 4.78. The fourth-order valence-corrected chi connectivity index (χ4v) is 3.05. The Morgan fingerprint density at radius 3 is 2.67 bits per heavy atom. The van der Waals surface area contributed by atoms with Crippen LogP contribution in [0.25, 0.3) is 11.1 Å². The topological polar surface area (TPSA) is 67.9 Å². The third-order valence-electron chi connectivity index (χ3n) is 4.78. The van der Waals surface area contributed by atoms with Crippen LogP contribution < -0.4 is 10.3 Å². The lowest BCUT2D eigenvalue weighted by Crippen LogP contribution is -2.23. The molecule has 5 heteroatoms. The average Bonchev–Trinajstić information content (AvgIpc) is 3.50. The maximum atomic E-state index is 12.6. The Balaban J connectivity index is 1.62. The van der Waals surface area contributed by atoms with Crippen LogP contribution in [0, 0.1) is 24.2 Å². The first-order valence-corrected chi connectivity index (χ1v) is 8.99. The quantitative estimate of drug-likeness (QED) is 0.683. The monoisotopic (exact) mass is 357 g/mol. The van der Waals surface area contributed by atoms with Gasteiger partial charge in [0.05, 0.1) is 5.69 Å². The van der Waals surface area contributed by atoms with Crippen LogP contribution in [0.3, 0.4) is 0 Å². The number of aromatic nitrogens is 2. The van der Waals surface area contributed by atoms with E-state index in [-0.39, 0.29) is 11.1 Å². The summed E-state index contributed by atoms with van der Waals surface area (Å²) in [4.78, 5) is 16.8. The zero-order chi connectivity index (χ0) is 18.8. The van der Waals surface area contributed by atoms with E-state index in [9.17, 15) is 10.1 Å². The fourth-order valence-electron chi connectivity index (χ4n) is 3.05. The second-order valence-electron chi connectivity index (χ2n) is 6.83. The summed E-state index contributed by atoms with van der Waals surface area (Å²) < 4.78 is 7.51. The lowest BCUT2D eigenvalue weighted by molar-refractivity contribution is 0.476. The molecule has 4 rings (SSSR count). The minimum atomic E-state index is -0.215. The van der Waals surface area contributed by atoms with E-state index in [4.69, 9.17) is 4.74 Å². The van der Waals surface area contributed by atoms with Crippen molar-refractivity contribution >= 4 is 0 Å². The van der Waals surface area contributed by atoms with Crippen molar-refractivity contribution in [3.63, 3.8) is 0 Å². The van der Waals surface area contributed by atoms with Crippen molar-refractivity contribution in [2.24, 2.45) is 5.92 Å². The van der Waals surface area contributed by atoms with Crippen molar-refractivity contribution < 1.29 is 4.74 Å². The van der Waals surface area contributed by atoms with E-state index in [1.54, 1.807) is 17.0 Å². The summed E-state index contributed by atoms with van der Waals surface area (Å²) in [6.45, 7) is 2.59. The molecule has 27 heavy (non-hydrogen) atoms. The van der Waals surface area contributed by atoms with Gasteiger partial charge in [0.2, 0.25) is 0 Å². The standard InChI is InChI=1S/C22H19N3O2/c1-15-21(3-2-11-24-15)27-18-8-6-17(7-9-18)19-10-12-25(14-16-4-5-16)22(26)20(19)13-23/h2-3,6-12,16H,4-5,14H2,1H3. The Kier molecular flexibility index (Phi) is 4.47. The third kappa shape index (κ3) is 3.61. The second kappa shape index (κ2) is 7.08. The minimum Gasteiger partial charge on any atom is -0.455 e. The van der Waals surface area contributed by atoms with Crippen molar-refractivity contribution in [3.8, 4) is 28.7 Å². The molecule has 0 aliphatic heterocycles. The number of benzene rings is 1. The largest absolute Gasteiger partial charge is 0.455 e. The molecule has 2 heterocycles. The molecule has 1 aromatic carbocycles. The molecule has 1 fully saturated rings. The van der Waals surface area contributed by atoms with E-state index in [1.807, 2.05) is 49.4 Å². The van der Waals surface area contributed by atoms with Crippen molar-refractivity contribution in [3.05, 3.63) is 76.5 Å². The highest BCUT2D eigenvalue weighted by Crippen LogP contribution is 2.31. The summed E-state index contributed by atoms with van der Waals surface area (Å²) in [7, 11) is 0. The van der Waals surface area contributed by atoms with Gasteiger partial charge in [0, 0.05) is 24.5 Å². The maximum absolute atomic E-state index is 12.6. The molecule has 0 spiro atoms. The van der Waals surface area contributed by atoms with Crippen molar-refractivity contribution in [1.29, 1.82) is 5.26 Å². The number of hydrogen-bond donors (Lipinski definition) is 0. The minimum absolute atomic E-state index is 0.190. The number of nitrogens with zero attached hydrogens (tertiary/aromatic N) is 3. The zero-order valence-corrected chi connectivity index (χ0v) is 15.1. The number of ether oxygens (including phenoxy) is 1. The van der Waals surface area contributed by atoms with Gasteiger partial charge in [-0.15, -0.1) is 0 Å². The first-order chi connectivity index (χ1) is 13.2. The van der Waals surface area contributed by atoms with E-state index in [2.05, 4.69) is 11.1 Å². The van der Waals surface area contributed by atoms with Gasteiger partial charge in [0.15, 0.2) is 0 Å². The normalized spacial score (nSPS) is 13.2. The SMILES string of the molecule is Cc1ncccc1Oc1ccc(-c2ccn(CC3CC3)c(=O)c2C#N)cc1. The van der Waals surface area contributed by atoms with Gasteiger partial charge in [0.1, 0.15) is 23.1 Å². The van der Waals surface area contributed by atoms with E-state index < -0.39 is 0 Å². The van der Waals surface area contributed by atoms with Crippen LogP contribution >= 0.6 is 0 Å². The molecule has 1 aliphatic rings. The molecule has 1 saturated carbocycles. The van der Waals surface area contributed by atoms with E-state index >= 15 is 0 Å². The average molecular weight is 357 g/mol. The van der Waals surface area contributed by atoms with Crippen LogP contribution in [0.2, 0.25) is 0 Å². The van der Waals surface area contributed by atoms with E-state index in [1.165, 1.54) is 0 Å². The van der Waals surface area contributed by atoms with Gasteiger partial charge in [-0.3, -0.25) is 9.78 Å². The van der Waals surface area contributed by atoms with Gasteiger partial charge in [0.25, 0.3) is 5.56 Å². The highest BCUT2D eigenvalue weighted by molar-refractivity contribution is 5.70. The van der Waals surface area contributed by atoms with Crippen LogP contribution in [-0.2, 0) is 6.54 Å². The van der Waals surface area contributed by atoms with Gasteiger partial charge in [-0.2, -0.15) is 5.26 Å². The highest BCUT2D eigenvalue weighted by atomic mass is 16.5. The molecule has 0 radical (unpaired) electrons. The molecular weight excluding hydrogens is 338 g/mol. The van der Waals surface area contributed by atoms with Crippen LogP contribution in [-0.4, -0.2) is 9.55 Å². The Morgan fingerprint density at radius 2 is 2.00 bits per heavy atom. The summed E-state index contributed by atoms with van der Waals surface area (Å²) in [6, 6.07) is 15.0. The number of aryl methyl sites for hydroxylation is 1. The van der Waals surface area contributed by atoms with Crippen LogP contribution in [0.5, 0.6) is 11.5 Å². The fraction of sp³-hybridized carbons (Fsp3) is 0.227. The molecule has 1 aliphatic carbocycles. The smallest absolute Gasteiger partial charge is 0.269 e. The Labute approximate surface area is 157 Å². The van der Waals surface area contributed by atoms with Gasteiger partial charge < -0.3 is 9.30 Å². The van der Waals surface area contributed by atoms with Crippen molar-refractivity contribution in [2.75, 3.05) is 0 Å². The molecule has 0 unspecified atom stereocenters. The molecule has 0 amide bonds. The molecule has 0 saturated heterocycles. The van der Waals surface area contributed by atoms with Gasteiger partial charge >= 0.3 is 0 Å². The predicted octanol–water partition coefficient (Wildman–Crippen LogP) is 4.29. The van der Waals surface area contributed by atoms with Gasteiger partial charge in [-0.1, -0.05) is 12.1 Å². The van der Waals surface area contributed by atoms with E-state index in [0.29, 0.717) is 29.5 Å². The van der Waals surface area contributed by atoms with Gasteiger partial charge in [-0.25, -0.2) is 0 Å². The lowest BCUT2D eigenvalue weighted by Gasteiger charge is -2.11. The number of nitriles is 1. The molecule has 0 bridgehead atoms. The summed E-state index contributed by atoms with van der Waals surface area (Å²) in [6.07, 6.45) is 5.84. The number of rotatable bonds is 5. The highest BCUT2D eigenvalue weighted by Gasteiger charge is 2.23. The van der Waals surface area contributed by atoms with Crippen LogP contribution in [0.1, 0.15) is 24.1 Å². The molecule has 3 aromatic rings. The lowest BCUT2D eigenvalue weighted by atomic mass is 10.0. The zero-order valence-electron chi connectivity index (χ0n) is 15.1. The Hall–Kier alpha value is -3.39. The Bertz CT molecular complexity index is 1070. The number of pyridine rings is 2. The summed E-state index contributed by atoms with van der Waals surface area (Å²) >= 11 is 0. The number of hydrogen-bond acceptors (Lipinski definition) is 4. The van der Waals surface area contributed by atoms with Crippen LogP contribution in [0.15, 0.2) is 59.7 Å². The summed E-state index contributed by atoms with van der Waals surface area (Å²) in [5.74, 6) is 1.95. The maximum Gasteiger partial charge on any atom is 0.269 e. The molecule has 134 valence electrons. The van der Waals surface area contributed by atoms with Crippen molar-refractivity contribution in [2.45, 2.75) is 26.3 Å². The Morgan fingerprint density at radius 1 is 1.22 bits per heavy atom. The summed E-state index contributed by atoms with van der Waals surface area (Å²) in [5.41, 5.74) is 2.26. The molecule has 0 N–H and O–H groups in total. The van der Waals surface area contributed by atoms with E-state index in [0.717, 1.165) is 24.1 Å². The molecular formula is C22H19N3O2. The molecule has 0 atom stereocenters. The predicted molar refractivity (Wildman–Crippen MR) is 103 cm³/mol. The molecule has 5 nitrogen and oxygen atoms in total. The van der Waals surface area contributed by atoms with Gasteiger partial charge in [-0.05, 0) is 61.6 Å². The first-order valence-electron chi connectivity index (χ1n) is 8.99.